The lowest BCUT2D eigenvalue weighted by atomic mass is 10.1. The summed E-state index contributed by atoms with van der Waals surface area (Å²) in [5.74, 6) is -1.76. The number of esters is 1. The van der Waals surface area contributed by atoms with Crippen LogP contribution in [0.25, 0.3) is 16.5 Å². The fraction of sp³-hybridized carbons (Fsp3) is 0.222. The van der Waals surface area contributed by atoms with Gasteiger partial charge in [0.2, 0.25) is 11.8 Å². The van der Waals surface area contributed by atoms with Gasteiger partial charge in [0.1, 0.15) is 5.00 Å². The van der Waals surface area contributed by atoms with Crippen LogP contribution in [0.4, 0.5) is 10.7 Å². The van der Waals surface area contributed by atoms with Crippen molar-refractivity contribution in [1.82, 2.24) is 9.78 Å². The molecule has 9 nitrogen and oxygen atoms in total. The van der Waals surface area contributed by atoms with Crippen molar-refractivity contribution in [1.29, 1.82) is 0 Å². The Kier molecular flexibility index (Phi) is 6.58. The van der Waals surface area contributed by atoms with Crippen LogP contribution in [-0.2, 0) is 14.3 Å². The third-order valence-electron chi connectivity index (χ3n) is 6.17. The lowest BCUT2D eigenvalue weighted by molar-refractivity contribution is -0.122. The van der Waals surface area contributed by atoms with E-state index in [9.17, 15) is 19.2 Å². The molecule has 188 valence electrons. The predicted molar refractivity (Wildman–Crippen MR) is 141 cm³/mol. The molecule has 2 aromatic heterocycles. The molecule has 1 atom stereocenters. The predicted octanol–water partition coefficient (Wildman–Crippen LogP) is 3.92. The molecule has 2 amide bonds. The van der Waals surface area contributed by atoms with Crippen molar-refractivity contribution in [3.63, 3.8) is 0 Å². The number of anilines is 2. The van der Waals surface area contributed by atoms with Crippen LogP contribution in [0.1, 0.15) is 29.4 Å². The molecule has 0 radical (unpaired) electrons. The number of carbonyl (C=O) groups is 3. The van der Waals surface area contributed by atoms with Crippen LogP contribution in [0.15, 0.2) is 64.8 Å². The number of rotatable bonds is 6. The molecule has 2 aromatic carbocycles. The number of benzene rings is 2. The monoisotopic (exact) mass is 516 g/mol. The molecule has 37 heavy (non-hydrogen) atoms. The number of para-hydroxylation sites is 1. The van der Waals surface area contributed by atoms with Gasteiger partial charge < -0.3 is 15.0 Å². The van der Waals surface area contributed by atoms with Crippen LogP contribution in [0, 0.1) is 12.8 Å². The van der Waals surface area contributed by atoms with Crippen molar-refractivity contribution in [3.05, 3.63) is 81.6 Å². The van der Waals surface area contributed by atoms with Crippen LogP contribution >= 0.6 is 11.3 Å². The van der Waals surface area contributed by atoms with Gasteiger partial charge in [-0.2, -0.15) is 9.78 Å². The average molecular weight is 517 g/mol. The highest BCUT2D eigenvalue weighted by Crippen LogP contribution is 2.32. The Morgan fingerprint density at radius 2 is 1.86 bits per heavy atom. The van der Waals surface area contributed by atoms with Gasteiger partial charge in [0, 0.05) is 29.4 Å². The van der Waals surface area contributed by atoms with E-state index in [1.807, 2.05) is 43.3 Å². The van der Waals surface area contributed by atoms with E-state index in [4.69, 9.17) is 4.74 Å². The van der Waals surface area contributed by atoms with Gasteiger partial charge in [-0.25, -0.2) is 4.79 Å². The minimum atomic E-state index is -0.663. The van der Waals surface area contributed by atoms with Gasteiger partial charge in [0.15, 0.2) is 5.69 Å². The first-order valence-corrected chi connectivity index (χ1v) is 12.7. The molecule has 0 spiro atoms. The Hall–Kier alpha value is -4.31. The number of carbonyl (C=O) groups excluding carboxylic acids is 3. The molecule has 10 heteroatoms. The fourth-order valence-electron chi connectivity index (χ4n) is 4.38. The van der Waals surface area contributed by atoms with Crippen molar-refractivity contribution >= 4 is 50.6 Å². The lowest BCUT2D eigenvalue weighted by Gasteiger charge is -2.16. The number of aromatic nitrogens is 2. The van der Waals surface area contributed by atoms with Crippen molar-refractivity contribution in [3.8, 4) is 5.69 Å². The molecule has 1 aliphatic heterocycles. The summed E-state index contributed by atoms with van der Waals surface area (Å²) in [6, 6.07) is 16.3. The van der Waals surface area contributed by atoms with Crippen molar-refractivity contribution in [2.24, 2.45) is 5.92 Å². The van der Waals surface area contributed by atoms with Gasteiger partial charge in [-0.05, 0) is 43.7 Å². The first kappa shape index (κ1) is 24.4. The Morgan fingerprint density at radius 3 is 2.59 bits per heavy atom. The van der Waals surface area contributed by atoms with E-state index in [1.165, 1.54) is 0 Å². The highest BCUT2D eigenvalue weighted by Gasteiger charge is 2.35. The molecule has 1 fully saturated rings. The standard InChI is InChI=1S/C27H24N4O5S/c1-3-36-27(35)23-20-15-37-25(22(20)26(34)31(29-23)19-11-7-8-16(2)12-19)28-24(33)17-13-21(32)30(14-17)18-9-5-4-6-10-18/h4-12,15,17H,3,13-14H2,1-2H3,(H,28,33). The highest BCUT2D eigenvalue weighted by atomic mass is 32.1. The number of thiophene rings is 1. The fourth-order valence-corrected chi connectivity index (χ4v) is 5.32. The third kappa shape index (κ3) is 4.63. The zero-order valence-corrected chi connectivity index (χ0v) is 21.1. The Morgan fingerprint density at radius 1 is 1.11 bits per heavy atom. The van der Waals surface area contributed by atoms with E-state index in [0.717, 1.165) is 27.3 Å². The number of ether oxygens (including phenoxy) is 1. The van der Waals surface area contributed by atoms with Crippen LogP contribution in [0.2, 0.25) is 0 Å². The summed E-state index contributed by atoms with van der Waals surface area (Å²) in [7, 11) is 0. The van der Waals surface area contributed by atoms with Gasteiger partial charge in [0.05, 0.1) is 23.6 Å². The van der Waals surface area contributed by atoms with Crippen LogP contribution in [0.3, 0.4) is 0 Å². The summed E-state index contributed by atoms with van der Waals surface area (Å²) in [4.78, 5) is 53.7. The first-order chi connectivity index (χ1) is 17.9. The number of fused-ring (bicyclic) bond motifs is 1. The number of nitrogens with one attached hydrogen (secondary N) is 1. The van der Waals surface area contributed by atoms with Crippen molar-refractivity contribution < 1.29 is 19.1 Å². The molecule has 1 unspecified atom stereocenters. The summed E-state index contributed by atoms with van der Waals surface area (Å²) in [5, 5.41) is 9.55. The Balaban J connectivity index is 1.52. The summed E-state index contributed by atoms with van der Waals surface area (Å²) in [5.41, 5.74) is 1.65. The second kappa shape index (κ2) is 9.98. The van der Waals surface area contributed by atoms with Crippen LogP contribution in [0.5, 0.6) is 0 Å². The van der Waals surface area contributed by atoms with Gasteiger partial charge in [-0.15, -0.1) is 11.3 Å². The van der Waals surface area contributed by atoms with E-state index in [2.05, 4.69) is 10.4 Å². The molecule has 3 heterocycles. The molecule has 1 aliphatic rings. The molecule has 0 aliphatic carbocycles. The second-order valence-corrected chi connectivity index (χ2v) is 9.59. The van der Waals surface area contributed by atoms with E-state index >= 15 is 0 Å². The quantitative estimate of drug-likeness (QED) is 0.389. The second-order valence-electron chi connectivity index (χ2n) is 8.71. The summed E-state index contributed by atoms with van der Waals surface area (Å²) >= 11 is 1.13. The molecule has 1 saturated heterocycles. The Bertz CT molecular complexity index is 1580. The molecular weight excluding hydrogens is 492 g/mol. The zero-order chi connectivity index (χ0) is 26.1. The van der Waals surface area contributed by atoms with Crippen LogP contribution in [-0.4, -0.2) is 40.7 Å². The van der Waals surface area contributed by atoms with E-state index < -0.39 is 17.4 Å². The molecule has 1 N–H and O–H groups in total. The normalized spacial score (nSPS) is 15.2. The van der Waals surface area contributed by atoms with Gasteiger partial charge in [-0.3, -0.25) is 14.4 Å². The summed E-state index contributed by atoms with van der Waals surface area (Å²) in [6.07, 6.45) is 0.0627. The molecule has 5 rings (SSSR count). The number of hydrogen-bond acceptors (Lipinski definition) is 7. The maximum atomic E-state index is 13.6. The van der Waals surface area contributed by atoms with Gasteiger partial charge in [0.25, 0.3) is 5.56 Å². The molecule has 0 bridgehead atoms. The first-order valence-electron chi connectivity index (χ1n) is 11.8. The number of aryl methyl sites for hydroxylation is 1. The van der Waals surface area contributed by atoms with E-state index in [1.54, 1.807) is 35.4 Å². The topological polar surface area (TPSA) is 111 Å². The minimum Gasteiger partial charge on any atom is -0.461 e. The summed E-state index contributed by atoms with van der Waals surface area (Å²) in [6.45, 7) is 3.96. The Labute approximate surface area is 216 Å². The van der Waals surface area contributed by atoms with Gasteiger partial charge in [-0.1, -0.05) is 30.3 Å². The van der Waals surface area contributed by atoms with E-state index in [-0.39, 0.29) is 42.5 Å². The summed E-state index contributed by atoms with van der Waals surface area (Å²) < 4.78 is 6.34. The maximum absolute atomic E-state index is 13.6. The SMILES string of the molecule is CCOC(=O)c1nn(-c2cccc(C)c2)c(=O)c2c(NC(=O)C3CC(=O)N(c4ccccc4)C3)scc12. The van der Waals surface area contributed by atoms with Crippen molar-refractivity contribution in [2.45, 2.75) is 20.3 Å². The largest absolute Gasteiger partial charge is 0.461 e. The number of hydrogen-bond donors (Lipinski definition) is 1. The molecule has 0 saturated carbocycles. The molecular formula is C27H24N4O5S. The molecule has 4 aromatic rings. The number of nitrogens with zero attached hydrogens (tertiary/aromatic N) is 3. The van der Waals surface area contributed by atoms with E-state index in [0.29, 0.717) is 16.1 Å². The smallest absolute Gasteiger partial charge is 0.359 e. The minimum absolute atomic E-state index is 0.0130. The van der Waals surface area contributed by atoms with Crippen molar-refractivity contribution in [2.75, 3.05) is 23.4 Å². The lowest BCUT2D eigenvalue weighted by Crippen LogP contribution is -2.29. The number of amides is 2. The van der Waals surface area contributed by atoms with Crippen LogP contribution < -0.4 is 15.8 Å². The van der Waals surface area contributed by atoms with Gasteiger partial charge >= 0.3 is 5.97 Å². The zero-order valence-electron chi connectivity index (χ0n) is 20.3. The highest BCUT2D eigenvalue weighted by molar-refractivity contribution is 7.16. The third-order valence-corrected chi connectivity index (χ3v) is 7.06. The average Bonchev–Trinajstić information content (AvgIpc) is 3.49. The maximum Gasteiger partial charge on any atom is 0.359 e.